The number of halogens is 2. The first-order valence-electron chi connectivity index (χ1n) is 4.03. The van der Waals surface area contributed by atoms with Crippen LogP contribution in [0.15, 0.2) is 6.20 Å². The second-order valence-electron chi connectivity index (χ2n) is 2.85. The SMILES string of the molecule is CNC(C)Cc1ncc(C(F)F)s1. The molecule has 0 radical (unpaired) electrons. The monoisotopic (exact) mass is 206 g/mol. The predicted molar refractivity (Wildman–Crippen MR) is 49.3 cm³/mol. The lowest BCUT2D eigenvalue weighted by Crippen LogP contribution is -2.23. The number of likely N-dealkylation sites (N-methyl/N-ethyl adjacent to an activating group) is 1. The number of hydrogen-bond acceptors (Lipinski definition) is 3. The van der Waals surface area contributed by atoms with E-state index in [2.05, 4.69) is 10.3 Å². The molecule has 0 aliphatic rings. The Labute approximate surface area is 80.0 Å². The van der Waals surface area contributed by atoms with Crippen molar-refractivity contribution in [1.82, 2.24) is 10.3 Å². The van der Waals surface area contributed by atoms with Crippen LogP contribution in [0.3, 0.4) is 0 Å². The molecule has 2 nitrogen and oxygen atoms in total. The summed E-state index contributed by atoms with van der Waals surface area (Å²) in [6.45, 7) is 1.99. The number of nitrogens with zero attached hydrogens (tertiary/aromatic N) is 1. The molecular formula is C8H12F2N2S. The van der Waals surface area contributed by atoms with Crippen LogP contribution in [-0.4, -0.2) is 18.1 Å². The van der Waals surface area contributed by atoms with Crippen LogP contribution in [0.25, 0.3) is 0 Å². The molecule has 0 bridgehead atoms. The summed E-state index contributed by atoms with van der Waals surface area (Å²) in [5, 5.41) is 3.79. The maximum absolute atomic E-state index is 12.2. The van der Waals surface area contributed by atoms with Crippen molar-refractivity contribution in [3.05, 3.63) is 16.1 Å². The third-order valence-corrected chi connectivity index (χ3v) is 2.79. The molecular weight excluding hydrogens is 194 g/mol. The van der Waals surface area contributed by atoms with Crippen LogP contribution < -0.4 is 5.32 Å². The number of thiazole rings is 1. The highest BCUT2D eigenvalue weighted by Crippen LogP contribution is 2.25. The van der Waals surface area contributed by atoms with Gasteiger partial charge >= 0.3 is 0 Å². The first-order valence-corrected chi connectivity index (χ1v) is 4.85. The minimum absolute atomic E-state index is 0.0540. The molecule has 0 saturated heterocycles. The fourth-order valence-corrected chi connectivity index (χ4v) is 1.79. The topological polar surface area (TPSA) is 24.9 Å². The van der Waals surface area contributed by atoms with Crippen LogP contribution in [0, 0.1) is 0 Å². The van der Waals surface area contributed by atoms with Crippen molar-refractivity contribution < 1.29 is 8.78 Å². The van der Waals surface area contributed by atoms with Crippen LogP contribution in [0.1, 0.15) is 23.2 Å². The van der Waals surface area contributed by atoms with Gasteiger partial charge in [0.15, 0.2) is 0 Å². The Morgan fingerprint density at radius 1 is 1.62 bits per heavy atom. The number of alkyl halides is 2. The third kappa shape index (κ3) is 3.00. The van der Waals surface area contributed by atoms with E-state index in [4.69, 9.17) is 0 Å². The molecule has 1 heterocycles. The van der Waals surface area contributed by atoms with Gasteiger partial charge in [0.2, 0.25) is 0 Å². The maximum Gasteiger partial charge on any atom is 0.274 e. The fraction of sp³-hybridized carbons (Fsp3) is 0.625. The van der Waals surface area contributed by atoms with Crippen LogP contribution in [0.5, 0.6) is 0 Å². The zero-order valence-corrected chi connectivity index (χ0v) is 8.37. The summed E-state index contributed by atoms with van der Waals surface area (Å²) in [4.78, 5) is 3.98. The molecule has 1 unspecified atom stereocenters. The molecule has 0 aromatic carbocycles. The van der Waals surface area contributed by atoms with E-state index in [1.165, 1.54) is 6.20 Å². The summed E-state index contributed by atoms with van der Waals surface area (Å²) >= 11 is 1.08. The van der Waals surface area contributed by atoms with Crippen molar-refractivity contribution in [3.63, 3.8) is 0 Å². The third-order valence-electron chi connectivity index (χ3n) is 1.76. The smallest absolute Gasteiger partial charge is 0.274 e. The second-order valence-corrected chi connectivity index (χ2v) is 4.00. The van der Waals surface area contributed by atoms with E-state index in [0.717, 1.165) is 16.3 Å². The quantitative estimate of drug-likeness (QED) is 0.817. The molecule has 0 saturated carbocycles. The lowest BCUT2D eigenvalue weighted by molar-refractivity contribution is 0.155. The zero-order valence-electron chi connectivity index (χ0n) is 7.55. The van der Waals surface area contributed by atoms with Crippen LogP contribution in [0.2, 0.25) is 0 Å². The lowest BCUT2D eigenvalue weighted by Gasteiger charge is -2.05. The summed E-state index contributed by atoms with van der Waals surface area (Å²) in [5.41, 5.74) is 0. The van der Waals surface area contributed by atoms with Crippen LogP contribution in [0.4, 0.5) is 8.78 Å². The van der Waals surface area contributed by atoms with Crippen molar-refractivity contribution in [2.45, 2.75) is 25.8 Å². The van der Waals surface area contributed by atoms with Gasteiger partial charge in [-0.3, -0.25) is 0 Å². The van der Waals surface area contributed by atoms with E-state index in [9.17, 15) is 8.78 Å². The molecule has 0 amide bonds. The number of aromatic nitrogens is 1. The normalized spacial score (nSPS) is 13.6. The van der Waals surface area contributed by atoms with Gasteiger partial charge in [-0.15, -0.1) is 11.3 Å². The second kappa shape index (κ2) is 4.62. The first kappa shape index (κ1) is 10.5. The Morgan fingerprint density at radius 3 is 2.77 bits per heavy atom. The number of hydrogen-bond donors (Lipinski definition) is 1. The van der Waals surface area contributed by atoms with E-state index >= 15 is 0 Å². The summed E-state index contributed by atoms with van der Waals surface area (Å²) < 4.78 is 24.3. The largest absolute Gasteiger partial charge is 0.317 e. The minimum atomic E-state index is -2.39. The molecule has 74 valence electrons. The van der Waals surface area contributed by atoms with Gasteiger partial charge in [0.05, 0.1) is 9.88 Å². The Kier molecular flexibility index (Phi) is 3.74. The van der Waals surface area contributed by atoms with Gasteiger partial charge < -0.3 is 5.32 Å². The first-order chi connectivity index (χ1) is 6.13. The maximum atomic E-state index is 12.2. The lowest BCUT2D eigenvalue weighted by atomic mass is 10.2. The highest BCUT2D eigenvalue weighted by Gasteiger charge is 2.12. The van der Waals surface area contributed by atoms with Gasteiger partial charge in [0.1, 0.15) is 0 Å². The highest BCUT2D eigenvalue weighted by molar-refractivity contribution is 7.11. The Morgan fingerprint density at radius 2 is 2.31 bits per heavy atom. The van der Waals surface area contributed by atoms with Crippen molar-refractivity contribution in [2.24, 2.45) is 0 Å². The van der Waals surface area contributed by atoms with Gasteiger partial charge in [-0.2, -0.15) is 0 Å². The number of nitrogens with one attached hydrogen (secondary N) is 1. The average molecular weight is 206 g/mol. The standard InChI is InChI=1S/C8H12F2N2S/c1-5(11-2)3-7-12-4-6(13-7)8(9)10/h4-5,8,11H,3H2,1-2H3. The van der Waals surface area contributed by atoms with Crippen molar-refractivity contribution >= 4 is 11.3 Å². The fourth-order valence-electron chi connectivity index (χ4n) is 0.884. The van der Waals surface area contributed by atoms with E-state index in [0.29, 0.717) is 6.42 Å². The molecule has 0 aliphatic carbocycles. The molecule has 1 aromatic heterocycles. The molecule has 1 rings (SSSR count). The van der Waals surface area contributed by atoms with Gasteiger partial charge in [-0.05, 0) is 14.0 Å². The van der Waals surface area contributed by atoms with Gasteiger partial charge in [0, 0.05) is 18.7 Å². The Bertz CT molecular complexity index is 262. The molecule has 1 N–H and O–H groups in total. The average Bonchev–Trinajstić information content (AvgIpc) is 2.52. The van der Waals surface area contributed by atoms with E-state index < -0.39 is 6.43 Å². The minimum Gasteiger partial charge on any atom is -0.317 e. The zero-order chi connectivity index (χ0) is 9.84. The summed E-state index contributed by atoms with van der Waals surface area (Å²) in [6, 6.07) is 0.275. The van der Waals surface area contributed by atoms with Gasteiger partial charge in [-0.25, -0.2) is 13.8 Å². The van der Waals surface area contributed by atoms with Crippen LogP contribution >= 0.6 is 11.3 Å². The molecule has 1 atom stereocenters. The Hall–Kier alpha value is -0.550. The summed E-state index contributed by atoms with van der Waals surface area (Å²) in [5.74, 6) is 0. The van der Waals surface area contributed by atoms with E-state index in [1.54, 1.807) is 0 Å². The molecule has 0 spiro atoms. The highest BCUT2D eigenvalue weighted by atomic mass is 32.1. The number of rotatable bonds is 4. The predicted octanol–water partition coefficient (Wildman–Crippen LogP) is 2.23. The van der Waals surface area contributed by atoms with Crippen molar-refractivity contribution in [3.8, 4) is 0 Å². The Balaban J connectivity index is 2.58. The van der Waals surface area contributed by atoms with Crippen molar-refractivity contribution in [1.29, 1.82) is 0 Å². The molecule has 5 heteroatoms. The molecule has 0 aliphatic heterocycles. The molecule has 13 heavy (non-hydrogen) atoms. The van der Waals surface area contributed by atoms with E-state index in [1.807, 2.05) is 14.0 Å². The van der Waals surface area contributed by atoms with Gasteiger partial charge in [0.25, 0.3) is 6.43 Å². The van der Waals surface area contributed by atoms with Crippen molar-refractivity contribution in [2.75, 3.05) is 7.05 Å². The van der Waals surface area contributed by atoms with Gasteiger partial charge in [-0.1, -0.05) is 0 Å². The van der Waals surface area contributed by atoms with E-state index in [-0.39, 0.29) is 10.9 Å². The van der Waals surface area contributed by atoms with Crippen LogP contribution in [-0.2, 0) is 6.42 Å². The molecule has 1 aromatic rings. The summed E-state index contributed by atoms with van der Waals surface area (Å²) in [7, 11) is 1.84. The molecule has 0 fully saturated rings. The summed E-state index contributed by atoms with van der Waals surface area (Å²) in [6.07, 6.45) is -0.433.